The number of H-pyrrole nitrogens is 1. The van der Waals surface area contributed by atoms with Gasteiger partial charge in [-0.25, -0.2) is 4.98 Å². The molecule has 11 heteroatoms. The fraction of sp³-hybridized carbons (Fsp3) is 0. The first kappa shape index (κ1) is 18.7. The lowest BCUT2D eigenvalue weighted by atomic mass is 9.98. The van der Waals surface area contributed by atoms with E-state index in [1.165, 1.54) is 48.5 Å². The lowest BCUT2D eigenvalue weighted by Gasteiger charge is -2.09. The van der Waals surface area contributed by atoms with Crippen LogP contribution in [0.3, 0.4) is 0 Å². The topological polar surface area (TPSA) is 168 Å². The number of aromatic nitrogens is 3. The van der Waals surface area contributed by atoms with Crippen LogP contribution in [0.15, 0.2) is 54.6 Å². The summed E-state index contributed by atoms with van der Waals surface area (Å²) in [6.45, 7) is 0. The summed E-state index contributed by atoms with van der Waals surface area (Å²) in [5.74, 6) is -1.52. The van der Waals surface area contributed by atoms with Crippen LogP contribution in [0.25, 0.3) is 33.4 Å². The standard InChI is InChI=1S/C19H11N5O6/c25-19(26)15-9-14(11-2-1-3-13(8-11)24(29)30)16-17(21-22-18(16)20-15)10-4-6-12(7-5-10)23(27)28/h1-9H,(H,25,26)(H,20,21,22)/p-1. The number of carboxylic acid groups (broad SMARTS) is 1. The van der Waals surface area contributed by atoms with E-state index in [1.54, 1.807) is 6.07 Å². The smallest absolute Gasteiger partial charge is 0.270 e. The van der Waals surface area contributed by atoms with Crippen LogP contribution in [-0.2, 0) is 0 Å². The second-order valence-corrected chi connectivity index (χ2v) is 6.25. The van der Waals surface area contributed by atoms with Crippen LogP contribution in [0, 0.1) is 20.2 Å². The zero-order chi connectivity index (χ0) is 21.4. The molecule has 0 aliphatic heterocycles. The normalized spacial score (nSPS) is 10.8. The Labute approximate surface area is 166 Å². The molecular weight excluding hydrogens is 394 g/mol. The summed E-state index contributed by atoms with van der Waals surface area (Å²) in [4.78, 5) is 36.3. The van der Waals surface area contributed by atoms with Crippen LogP contribution in [-0.4, -0.2) is 31.0 Å². The van der Waals surface area contributed by atoms with E-state index >= 15 is 0 Å². The summed E-state index contributed by atoms with van der Waals surface area (Å²) in [7, 11) is 0. The first-order valence-electron chi connectivity index (χ1n) is 8.45. The molecule has 2 heterocycles. The predicted octanol–water partition coefficient (Wildman–Crippen LogP) is 2.47. The van der Waals surface area contributed by atoms with Crippen molar-refractivity contribution in [1.29, 1.82) is 0 Å². The summed E-state index contributed by atoms with van der Waals surface area (Å²) < 4.78 is 0. The zero-order valence-electron chi connectivity index (χ0n) is 14.9. The summed E-state index contributed by atoms with van der Waals surface area (Å²) >= 11 is 0. The minimum atomic E-state index is -1.52. The Morgan fingerprint density at radius 2 is 1.60 bits per heavy atom. The first-order valence-corrected chi connectivity index (χ1v) is 8.45. The molecule has 11 nitrogen and oxygen atoms in total. The maximum Gasteiger partial charge on any atom is 0.270 e. The molecule has 0 unspecified atom stereocenters. The Balaban J connectivity index is 1.99. The number of pyridine rings is 1. The molecule has 0 atom stereocenters. The summed E-state index contributed by atoms with van der Waals surface area (Å²) in [6, 6.07) is 12.6. The number of non-ortho nitro benzene ring substituents is 2. The Morgan fingerprint density at radius 1 is 0.900 bits per heavy atom. The number of hydrogen-bond donors (Lipinski definition) is 1. The van der Waals surface area contributed by atoms with E-state index < -0.39 is 15.8 Å². The second kappa shape index (κ2) is 7.05. The fourth-order valence-corrected chi connectivity index (χ4v) is 3.10. The van der Waals surface area contributed by atoms with Gasteiger partial charge in [0.25, 0.3) is 11.4 Å². The molecule has 0 bridgehead atoms. The van der Waals surface area contributed by atoms with Gasteiger partial charge in [-0.2, -0.15) is 5.10 Å². The average Bonchev–Trinajstić information content (AvgIpc) is 3.17. The predicted molar refractivity (Wildman–Crippen MR) is 102 cm³/mol. The van der Waals surface area contributed by atoms with Crippen LogP contribution in [0.1, 0.15) is 10.5 Å². The van der Waals surface area contributed by atoms with Gasteiger partial charge < -0.3 is 9.90 Å². The van der Waals surface area contributed by atoms with Gasteiger partial charge in [0.05, 0.1) is 32.6 Å². The molecule has 0 saturated carbocycles. The van der Waals surface area contributed by atoms with Crippen molar-refractivity contribution in [3.8, 4) is 22.4 Å². The third-order valence-corrected chi connectivity index (χ3v) is 4.47. The first-order chi connectivity index (χ1) is 14.3. The Kier molecular flexibility index (Phi) is 4.39. The van der Waals surface area contributed by atoms with E-state index in [4.69, 9.17) is 0 Å². The highest BCUT2D eigenvalue weighted by Gasteiger charge is 2.19. The number of nitro benzene ring substituents is 2. The van der Waals surface area contributed by atoms with Crippen LogP contribution >= 0.6 is 0 Å². The highest BCUT2D eigenvalue weighted by molar-refractivity contribution is 6.04. The summed E-state index contributed by atoms with van der Waals surface area (Å²) in [6.07, 6.45) is 0. The number of benzene rings is 2. The van der Waals surface area contributed by atoms with Crippen molar-refractivity contribution in [3.05, 3.63) is 80.5 Å². The summed E-state index contributed by atoms with van der Waals surface area (Å²) in [5.41, 5.74) is 1.09. The van der Waals surface area contributed by atoms with Gasteiger partial charge in [0, 0.05) is 29.8 Å². The third kappa shape index (κ3) is 3.20. The van der Waals surface area contributed by atoms with Crippen LogP contribution in [0.4, 0.5) is 11.4 Å². The molecule has 30 heavy (non-hydrogen) atoms. The molecule has 0 aliphatic rings. The highest BCUT2D eigenvalue weighted by Crippen LogP contribution is 2.36. The molecule has 2 aromatic heterocycles. The van der Waals surface area contributed by atoms with Gasteiger partial charge >= 0.3 is 0 Å². The van der Waals surface area contributed by atoms with Gasteiger partial charge in [0.15, 0.2) is 5.65 Å². The van der Waals surface area contributed by atoms with Crippen molar-refractivity contribution in [3.63, 3.8) is 0 Å². The average molecular weight is 404 g/mol. The van der Waals surface area contributed by atoms with Crippen LogP contribution in [0.5, 0.6) is 0 Å². The minimum absolute atomic E-state index is 0.0616. The Bertz CT molecular complexity index is 1330. The molecule has 4 aromatic rings. The molecule has 0 amide bonds. The number of nitrogens with zero attached hydrogens (tertiary/aromatic N) is 4. The van der Waals surface area contributed by atoms with E-state index in [0.29, 0.717) is 27.8 Å². The van der Waals surface area contributed by atoms with Gasteiger partial charge in [-0.05, 0) is 29.3 Å². The largest absolute Gasteiger partial charge is 0.543 e. The van der Waals surface area contributed by atoms with Gasteiger partial charge in [-0.15, -0.1) is 0 Å². The molecule has 0 radical (unpaired) electrons. The van der Waals surface area contributed by atoms with Crippen molar-refractivity contribution < 1.29 is 19.7 Å². The van der Waals surface area contributed by atoms with Crippen molar-refractivity contribution in [2.75, 3.05) is 0 Å². The van der Waals surface area contributed by atoms with Gasteiger partial charge in [-0.1, -0.05) is 12.1 Å². The fourth-order valence-electron chi connectivity index (χ4n) is 3.10. The number of carbonyl (C=O) groups is 1. The number of nitro groups is 2. The molecular formula is C19H10N5O6-. The quantitative estimate of drug-likeness (QED) is 0.391. The maximum atomic E-state index is 11.4. The third-order valence-electron chi connectivity index (χ3n) is 4.47. The van der Waals surface area contributed by atoms with Gasteiger partial charge in [-0.3, -0.25) is 25.3 Å². The van der Waals surface area contributed by atoms with E-state index in [0.717, 1.165) is 0 Å². The number of carboxylic acids is 1. The lowest BCUT2D eigenvalue weighted by Crippen LogP contribution is -2.23. The Hall–Kier alpha value is -4.67. The number of hydrogen-bond acceptors (Lipinski definition) is 8. The SMILES string of the molecule is O=C([O-])c1cc(-c2cccc([N+](=O)[O-])c2)c2c(-c3ccc([N+](=O)[O-])cc3)[nH]nc2n1. The molecule has 4 rings (SSSR count). The molecule has 0 aliphatic carbocycles. The van der Waals surface area contributed by atoms with Crippen molar-refractivity contribution in [2.45, 2.75) is 0 Å². The molecule has 0 spiro atoms. The number of fused-ring (bicyclic) bond motifs is 1. The second-order valence-electron chi connectivity index (χ2n) is 6.25. The molecule has 0 fully saturated rings. The lowest BCUT2D eigenvalue weighted by molar-refractivity contribution is -0.385. The van der Waals surface area contributed by atoms with Gasteiger partial charge in [0.2, 0.25) is 0 Å². The monoisotopic (exact) mass is 404 g/mol. The molecule has 0 saturated heterocycles. The van der Waals surface area contributed by atoms with Crippen LogP contribution in [0.2, 0.25) is 0 Å². The van der Waals surface area contributed by atoms with E-state index in [-0.39, 0.29) is 22.7 Å². The minimum Gasteiger partial charge on any atom is -0.543 e. The molecule has 2 aromatic carbocycles. The Morgan fingerprint density at radius 3 is 2.23 bits per heavy atom. The number of aromatic amines is 1. The van der Waals surface area contributed by atoms with Crippen LogP contribution < -0.4 is 5.11 Å². The van der Waals surface area contributed by atoms with E-state index in [9.17, 15) is 30.1 Å². The zero-order valence-corrected chi connectivity index (χ0v) is 14.9. The number of carbonyl (C=O) groups excluding carboxylic acids is 1. The molecule has 148 valence electrons. The van der Waals surface area contributed by atoms with Gasteiger partial charge in [0.1, 0.15) is 0 Å². The number of nitrogens with one attached hydrogen (secondary N) is 1. The maximum absolute atomic E-state index is 11.4. The van der Waals surface area contributed by atoms with E-state index in [2.05, 4.69) is 15.2 Å². The van der Waals surface area contributed by atoms with Crippen molar-refractivity contribution >= 4 is 28.4 Å². The highest BCUT2D eigenvalue weighted by atomic mass is 16.6. The van der Waals surface area contributed by atoms with Crippen molar-refractivity contribution in [2.24, 2.45) is 0 Å². The summed E-state index contributed by atoms with van der Waals surface area (Å²) in [5, 5.41) is 40.7. The number of rotatable bonds is 5. The van der Waals surface area contributed by atoms with E-state index in [1.807, 2.05) is 0 Å². The van der Waals surface area contributed by atoms with Crippen molar-refractivity contribution in [1.82, 2.24) is 15.2 Å². The molecule has 1 N–H and O–H groups in total. The number of aromatic carboxylic acids is 1.